The van der Waals surface area contributed by atoms with Gasteiger partial charge in [-0.25, -0.2) is 4.39 Å². The minimum absolute atomic E-state index is 0.0122. The average Bonchev–Trinajstić information content (AvgIpc) is 3.24. The summed E-state index contributed by atoms with van der Waals surface area (Å²) in [5, 5.41) is 3.95. The lowest BCUT2D eigenvalue weighted by molar-refractivity contribution is -0.131. The van der Waals surface area contributed by atoms with Crippen molar-refractivity contribution >= 4 is 33.4 Å². The Morgan fingerprint density at radius 3 is 2.76 bits per heavy atom. The van der Waals surface area contributed by atoms with E-state index in [1.54, 1.807) is 31.2 Å². The SMILES string of the molecule is Cc1cc(N2C(=O)C3=C(C(=O)C4CC(Br)CCC4O3)C2c2ccccc2F)no1. The van der Waals surface area contributed by atoms with Crippen LogP contribution in [0.3, 0.4) is 0 Å². The van der Waals surface area contributed by atoms with Gasteiger partial charge in [0.25, 0.3) is 5.91 Å². The van der Waals surface area contributed by atoms with Crippen LogP contribution >= 0.6 is 15.9 Å². The number of carbonyl (C=O) groups excluding carboxylic acids is 2. The van der Waals surface area contributed by atoms with Gasteiger partial charge in [0.1, 0.15) is 17.7 Å². The van der Waals surface area contributed by atoms with Gasteiger partial charge < -0.3 is 9.26 Å². The normalized spacial score (nSPS) is 29.0. The molecule has 1 aliphatic carbocycles. The quantitative estimate of drug-likeness (QED) is 0.633. The van der Waals surface area contributed by atoms with Gasteiger partial charge in [-0.3, -0.25) is 14.5 Å². The molecule has 0 spiro atoms. The molecule has 1 aromatic heterocycles. The molecule has 1 aromatic carbocycles. The van der Waals surface area contributed by atoms with E-state index >= 15 is 0 Å². The van der Waals surface area contributed by atoms with E-state index in [-0.39, 0.29) is 45.3 Å². The molecule has 5 rings (SSSR count). The molecule has 3 aliphatic rings. The highest BCUT2D eigenvalue weighted by molar-refractivity contribution is 9.09. The zero-order valence-corrected chi connectivity index (χ0v) is 17.2. The van der Waals surface area contributed by atoms with Crippen molar-refractivity contribution < 1.29 is 23.2 Å². The zero-order chi connectivity index (χ0) is 20.3. The molecule has 2 aliphatic heterocycles. The van der Waals surface area contributed by atoms with Crippen molar-refractivity contribution in [3.8, 4) is 0 Å². The molecule has 0 N–H and O–H groups in total. The minimum atomic E-state index is -0.938. The fraction of sp³-hybridized carbons (Fsp3) is 0.381. The lowest BCUT2D eigenvalue weighted by atomic mass is 9.77. The summed E-state index contributed by atoms with van der Waals surface area (Å²) in [5.41, 5.74) is 0.441. The summed E-state index contributed by atoms with van der Waals surface area (Å²) in [7, 11) is 0. The van der Waals surface area contributed by atoms with E-state index in [9.17, 15) is 14.0 Å². The number of anilines is 1. The first kappa shape index (κ1) is 18.5. The zero-order valence-electron chi connectivity index (χ0n) is 15.6. The third-order valence-electron chi connectivity index (χ3n) is 5.85. The van der Waals surface area contributed by atoms with Gasteiger partial charge >= 0.3 is 0 Å². The Kier molecular flexibility index (Phi) is 4.34. The predicted molar refractivity (Wildman–Crippen MR) is 105 cm³/mol. The molecular weight excluding hydrogens is 443 g/mol. The number of Topliss-reactive ketones (excluding diaryl/α,β-unsaturated/α-hetero) is 1. The highest BCUT2D eigenvalue weighted by atomic mass is 79.9. The molecule has 0 radical (unpaired) electrons. The van der Waals surface area contributed by atoms with E-state index in [1.165, 1.54) is 11.0 Å². The van der Waals surface area contributed by atoms with E-state index in [0.29, 0.717) is 18.6 Å². The number of halogens is 2. The third-order valence-corrected chi connectivity index (χ3v) is 6.68. The number of aromatic nitrogens is 1. The fourth-order valence-electron chi connectivity index (χ4n) is 4.51. The summed E-state index contributed by atoms with van der Waals surface area (Å²) in [5.74, 6) is -0.743. The number of rotatable bonds is 2. The van der Waals surface area contributed by atoms with Gasteiger partial charge in [-0.15, -0.1) is 0 Å². The lowest BCUT2D eigenvalue weighted by Gasteiger charge is -2.37. The number of aryl methyl sites for hydroxylation is 1. The number of carbonyl (C=O) groups is 2. The second-order valence-corrected chi connectivity index (χ2v) is 8.97. The van der Waals surface area contributed by atoms with Gasteiger partial charge in [-0.1, -0.05) is 39.3 Å². The van der Waals surface area contributed by atoms with Crippen molar-refractivity contribution in [2.75, 3.05) is 4.90 Å². The van der Waals surface area contributed by atoms with Crippen LogP contribution in [0.4, 0.5) is 10.2 Å². The number of hydrogen-bond donors (Lipinski definition) is 0. The lowest BCUT2D eigenvalue weighted by Crippen LogP contribution is -2.41. The van der Waals surface area contributed by atoms with Gasteiger partial charge in [0.2, 0.25) is 0 Å². The largest absolute Gasteiger partial charge is 0.483 e. The van der Waals surface area contributed by atoms with Crippen molar-refractivity contribution in [2.24, 2.45) is 5.92 Å². The Balaban J connectivity index is 1.67. The van der Waals surface area contributed by atoms with Crippen LogP contribution in [0.15, 0.2) is 46.2 Å². The topological polar surface area (TPSA) is 72.6 Å². The van der Waals surface area contributed by atoms with Crippen LogP contribution in [0.1, 0.15) is 36.6 Å². The van der Waals surface area contributed by atoms with Crippen LogP contribution < -0.4 is 4.90 Å². The number of benzene rings is 1. The van der Waals surface area contributed by atoms with Crippen molar-refractivity contribution in [1.82, 2.24) is 5.16 Å². The maximum Gasteiger partial charge on any atom is 0.295 e. The molecule has 150 valence electrons. The van der Waals surface area contributed by atoms with Gasteiger partial charge in [0.05, 0.1) is 17.5 Å². The minimum Gasteiger partial charge on any atom is -0.483 e. The van der Waals surface area contributed by atoms with Crippen LogP contribution in [0.2, 0.25) is 0 Å². The van der Waals surface area contributed by atoms with E-state index in [2.05, 4.69) is 21.1 Å². The Morgan fingerprint density at radius 1 is 1.24 bits per heavy atom. The standard InChI is InChI=1S/C21H18BrFN2O4/c1-10-8-16(24-29-10)25-18(12-4-2-3-5-14(12)23)17-19(26)13-9-11(22)6-7-15(13)28-20(17)21(25)27/h2-5,8,11,13,15,18H,6-7,9H2,1H3. The second kappa shape index (κ2) is 6.79. The van der Waals surface area contributed by atoms with Gasteiger partial charge in [-0.05, 0) is 32.3 Å². The van der Waals surface area contributed by atoms with Crippen LogP contribution in [0.25, 0.3) is 0 Å². The van der Waals surface area contributed by atoms with E-state index in [1.807, 2.05) is 0 Å². The maximum absolute atomic E-state index is 14.8. The van der Waals surface area contributed by atoms with Gasteiger partial charge in [-0.2, -0.15) is 0 Å². The first-order valence-corrected chi connectivity index (χ1v) is 10.5. The molecule has 29 heavy (non-hydrogen) atoms. The monoisotopic (exact) mass is 460 g/mol. The van der Waals surface area contributed by atoms with Crippen molar-refractivity contribution in [2.45, 2.75) is 43.2 Å². The van der Waals surface area contributed by atoms with Crippen molar-refractivity contribution in [3.63, 3.8) is 0 Å². The Hall–Kier alpha value is -2.48. The van der Waals surface area contributed by atoms with Gasteiger partial charge in [0, 0.05) is 16.5 Å². The first-order valence-electron chi connectivity index (χ1n) is 9.56. The molecule has 3 heterocycles. The maximum atomic E-state index is 14.8. The summed E-state index contributed by atoms with van der Waals surface area (Å²) in [6, 6.07) is 6.80. The van der Waals surface area contributed by atoms with Crippen LogP contribution in [0.5, 0.6) is 0 Å². The molecule has 1 saturated carbocycles. The summed E-state index contributed by atoms with van der Waals surface area (Å²) >= 11 is 3.60. The van der Waals surface area contributed by atoms with E-state index < -0.39 is 17.8 Å². The van der Waals surface area contributed by atoms with E-state index in [0.717, 1.165) is 6.42 Å². The number of hydrogen-bond acceptors (Lipinski definition) is 5. The number of ether oxygens (including phenoxy) is 1. The predicted octanol–water partition coefficient (Wildman–Crippen LogP) is 4.00. The molecule has 2 aromatic rings. The third kappa shape index (κ3) is 2.84. The van der Waals surface area contributed by atoms with Crippen LogP contribution in [0, 0.1) is 18.7 Å². The molecule has 4 atom stereocenters. The molecule has 6 nitrogen and oxygen atoms in total. The number of alkyl halides is 1. The highest BCUT2D eigenvalue weighted by Crippen LogP contribution is 2.49. The van der Waals surface area contributed by atoms with E-state index in [4.69, 9.17) is 9.26 Å². The molecule has 4 unspecified atom stereocenters. The summed E-state index contributed by atoms with van der Waals surface area (Å²) in [6.45, 7) is 1.70. The summed E-state index contributed by atoms with van der Waals surface area (Å²) < 4.78 is 26.0. The summed E-state index contributed by atoms with van der Waals surface area (Å²) in [4.78, 5) is 28.3. The highest BCUT2D eigenvalue weighted by Gasteiger charge is 2.54. The second-order valence-electron chi connectivity index (χ2n) is 7.68. The number of ketones is 1. The molecule has 1 fully saturated rings. The van der Waals surface area contributed by atoms with Crippen molar-refractivity contribution in [3.05, 3.63) is 58.8 Å². The average molecular weight is 461 g/mol. The van der Waals surface area contributed by atoms with Gasteiger partial charge in [0.15, 0.2) is 17.4 Å². The Labute approximate surface area is 174 Å². The molecule has 1 amide bonds. The molecule has 0 saturated heterocycles. The Bertz CT molecular complexity index is 1050. The van der Waals surface area contributed by atoms with Crippen LogP contribution in [-0.2, 0) is 14.3 Å². The summed E-state index contributed by atoms with van der Waals surface area (Å²) in [6.07, 6.45) is 1.85. The fourth-order valence-corrected chi connectivity index (χ4v) is 5.18. The van der Waals surface area contributed by atoms with Crippen molar-refractivity contribution in [1.29, 1.82) is 0 Å². The molecule has 0 bridgehead atoms. The molecule has 8 heteroatoms. The smallest absolute Gasteiger partial charge is 0.295 e. The first-order chi connectivity index (χ1) is 14.0. The van der Waals surface area contributed by atoms with Crippen LogP contribution in [-0.4, -0.2) is 27.8 Å². The number of fused-ring (bicyclic) bond motifs is 1. The molecular formula is C21H18BrFN2O4. The number of nitrogens with zero attached hydrogens (tertiary/aromatic N) is 2. The Morgan fingerprint density at radius 2 is 2.03 bits per heavy atom. The number of amides is 1.